The van der Waals surface area contributed by atoms with E-state index in [2.05, 4.69) is 10.2 Å². The molecule has 142 valence electrons. The Kier molecular flexibility index (Phi) is 5.04. The highest BCUT2D eigenvalue weighted by Gasteiger charge is 2.22. The fourth-order valence-electron chi connectivity index (χ4n) is 3.67. The van der Waals surface area contributed by atoms with Gasteiger partial charge in [-0.2, -0.15) is 0 Å². The number of fused-ring (bicyclic) bond motifs is 1. The van der Waals surface area contributed by atoms with Crippen LogP contribution in [0.1, 0.15) is 17.5 Å². The predicted molar refractivity (Wildman–Crippen MR) is 108 cm³/mol. The topological polar surface area (TPSA) is 54.3 Å². The summed E-state index contributed by atoms with van der Waals surface area (Å²) >= 11 is 0. The standard InChI is InChI=1S/C21H25N3O2S/c1-17-7-9-19(10-8-17)27(25,26)24-16-18(20-5-2-3-6-21(20)24)15-23-13-4-11-22-12-14-23/h2-3,5-10,16,22H,4,11-15H2,1H3. The quantitative estimate of drug-likeness (QED) is 0.753. The summed E-state index contributed by atoms with van der Waals surface area (Å²) in [5, 5.41) is 4.42. The Hall–Kier alpha value is -2.15. The number of aromatic nitrogens is 1. The van der Waals surface area contributed by atoms with Crippen molar-refractivity contribution in [3.05, 3.63) is 65.9 Å². The summed E-state index contributed by atoms with van der Waals surface area (Å²) in [5.41, 5.74) is 2.84. The third-order valence-corrected chi connectivity index (χ3v) is 6.85. The van der Waals surface area contributed by atoms with Gasteiger partial charge in [0.15, 0.2) is 0 Å². The highest BCUT2D eigenvalue weighted by molar-refractivity contribution is 7.90. The van der Waals surface area contributed by atoms with Crippen molar-refractivity contribution in [2.24, 2.45) is 0 Å². The van der Waals surface area contributed by atoms with Gasteiger partial charge in [-0.25, -0.2) is 12.4 Å². The zero-order valence-corrected chi connectivity index (χ0v) is 16.4. The minimum atomic E-state index is -3.62. The fraction of sp³-hybridized carbons (Fsp3) is 0.333. The van der Waals surface area contributed by atoms with Crippen LogP contribution in [0.5, 0.6) is 0 Å². The van der Waals surface area contributed by atoms with E-state index in [1.54, 1.807) is 18.3 Å². The number of aryl methyl sites for hydroxylation is 1. The second-order valence-corrected chi connectivity index (χ2v) is 8.98. The molecule has 0 amide bonds. The van der Waals surface area contributed by atoms with E-state index in [0.717, 1.165) is 61.2 Å². The highest BCUT2D eigenvalue weighted by Crippen LogP contribution is 2.27. The van der Waals surface area contributed by atoms with Crippen molar-refractivity contribution in [1.82, 2.24) is 14.2 Å². The molecule has 27 heavy (non-hydrogen) atoms. The van der Waals surface area contributed by atoms with Gasteiger partial charge in [0, 0.05) is 31.2 Å². The number of hydrogen-bond acceptors (Lipinski definition) is 4. The molecular formula is C21H25N3O2S. The first-order valence-corrected chi connectivity index (χ1v) is 10.8. The molecule has 2 aromatic carbocycles. The Morgan fingerprint density at radius 2 is 1.78 bits per heavy atom. The molecule has 0 saturated carbocycles. The predicted octanol–water partition coefficient (Wildman–Crippen LogP) is 2.98. The molecular weight excluding hydrogens is 358 g/mol. The van der Waals surface area contributed by atoms with Crippen LogP contribution in [0.2, 0.25) is 0 Å². The molecule has 4 rings (SSSR count). The van der Waals surface area contributed by atoms with E-state index in [1.807, 2.05) is 43.3 Å². The van der Waals surface area contributed by atoms with Crippen molar-refractivity contribution in [2.75, 3.05) is 26.2 Å². The van der Waals surface area contributed by atoms with Crippen LogP contribution in [0.25, 0.3) is 10.9 Å². The van der Waals surface area contributed by atoms with Crippen molar-refractivity contribution < 1.29 is 8.42 Å². The third-order valence-electron chi connectivity index (χ3n) is 5.16. The fourth-order valence-corrected chi connectivity index (χ4v) is 5.06. The molecule has 0 radical (unpaired) electrons. The van der Waals surface area contributed by atoms with Gasteiger partial charge in [0.05, 0.1) is 10.4 Å². The third kappa shape index (κ3) is 3.65. The molecule has 0 spiro atoms. The van der Waals surface area contributed by atoms with Gasteiger partial charge >= 0.3 is 0 Å². The summed E-state index contributed by atoms with van der Waals surface area (Å²) in [5.74, 6) is 0. The average molecular weight is 384 g/mol. The molecule has 3 aromatic rings. The van der Waals surface area contributed by atoms with Gasteiger partial charge in [-0.1, -0.05) is 35.9 Å². The first-order valence-electron chi connectivity index (χ1n) is 9.40. The Morgan fingerprint density at radius 3 is 2.59 bits per heavy atom. The van der Waals surface area contributed by atoms with E-state index in [0.29, 0.717) is 4.90 Å². The Morgan fingerprint density at radius 1 is 1.00 bits per heavy atom. The second-order valence-electron chi connectivity index (χ2n) is 7.17. The lowest BCUT2D eigenvalue weighted by Gasteiger charge is -2.18. The van der Waals surface area contributed by atoms with Gasteiger partial charge in [-0.3, -0.25) is 4.90 Å². The Labute approximate surface area is 160 Å². The first-order chi connectivity index (χ1) is 13.1. The van der Waals surface area contributed by atoms with E-state index >= 15 is 0 Å². The molecule has 1 N–H and O–H groups in total. The first kappa shape index (κ1) is 18.2. The summed E-state index contributed by atoms with van der Waals surface area (Å²) in [7, 11) is -3.62. The molecule has 0 aliphatic carbocycles. The number of benzene rings is 2. The number of para-hydroxylation sites is 1. The van der Waals surface area contributed by atoms with Gasteiger partial charge in [0.1, 0.15) is 0 Å². The molecule has 0 unspecified atom stereocenters. The van der Waals surface area contributed by atoms with Crippen molar-refractivity contribution in [1.29, 1.82) is 0 Å². The summed E-state index contributed by atoms with van der Waals surface area (Å²) in [6, 6.07) is 14.8. The maximum atomic E-state index is 13.3. The van der Waals surface area contributed by atoms with Gasteiger partial charge in [0.2, 0.25) is 0 Å². The molecule has 1 aliphatic heterocycles. The molecule has 2 heterocycles. The van der Waals surface area contributed by atoms with Crippen LogP contribution >= 0.6 is 0 Å². The summed E-state index contributed by atoms with van der Waals surface area (Å²) in [4.78, 5) is 2.71. The molecule has 1 fully saturated rings. The van der Waals surface area contributed by atoms with Crippen LogP contribution in [0.15, 0.2) is 59.6 Å². The lowest BCUT2D eigenvalue weighted by atomic mass is 10.1. The Bertz CT molecular complexity index is 1030. The van der Waals surface area contributed by atoms with Crippen molar-refractivity contribution in [3.63, 3.8) is 0 Å². The van der Waals surface area contributed by atoms with Gasteiger partial charge < -0.3 is 5.32 Å². The lowest BCUT2D eigenvalue weighted by molar-refractivity contribution is 0.285. The smallest absolute Gasteiger partial charge is 0.268 e. The molecule has 5 nitrogen and oxygen atoms in total. The van der Waals surface area contributed by atoms with Crippen molar-refractivity contribution in [3.8, 4) is 0 Å². The van der Waals surface area contributed by atoms with Crippen molar-refractivity contribution >= 4 is 20.9 Å². The minimum absolute atomic E-state index is 0.319. The maximum absolute atomic E-state index is 13.3. The van der Waals surface area contributed by atoms with Crippen LogP contribution in [0.4, 0.5) is 0 Å². The Balaban J connectivity index is 1.76. The zero-order chi connectivity index (χ0) is 18.9. The van der Waals surface area contributed by atoms with Crippen LogP contribution in [-0.4, -0.2) is 43.5 Å². The molecule has 6 heteroatoms. The lowest BCUT2D eigenvalue weighted by Crippen LogP contribution is -2.27. The molecule has 0 atom stereocenters. The van der Waals surface area contributed by atoms with Crippen LogP contribution < -0.4 is 5.32 Å². The van der Waals surface area contributed by atoms with Gasteiger partial charge in [-0.15, -0.1) is 0 Å². The minimum Gasteiger partial charge on any atom is -0.315 e. The van der Waals surface area contributed by atoms with E-state index in [4.69, 9.17) is 0 Å². The summed E-state index contributed by atoms with van der Waals surface area (Å²) < 4.78 is 28.0. The van der Waals surface area contributed by atoms with E-state index in [9.17, 15) is 8.42 Å². The van der Waals surface area contributed by atoms with E-state index in [1.165, 1.54) is 3.97 Å². The zero-order valence-electron chi connectivity index (χ0n) is 15.6. The summed E-state index contributed by atoms with van der Waals surface area (Å²) in [6.07, 6.45) is 2.92. The van der Waals surface area contributed by atoms with Gasteiger partial charge in [0.25, 0.3) is 10.0 Å². The SMILES string of the molecule is Cc1ccc(S(=O)(=O)n2cc(CN3CCCNCC3)c3ccccc32)cc1. The number of hydrogen-bond donors (Lipinski definition) is 1. The molecule has 1 saturated heterocycles. The van der Waals surface area contributed by atoms with E-state index in [-0.39, 0.29) is 0 Å². The molecule has 1 aromatic heterocycles. The van der Waals surface area contributed by atoms with Gasteiger partial charge in [-0.05, 0) is 50.2 Å². The number of nitrogens with zero attached hydrogens (tertiary/aromatic N) is 2. The highest BCUT2D eigenvalue weighted by atomic mass is 32.2. The largest absolute Gasteiger partial charge is 0.315 e. The number of nitrogens with one attached hydrogen (secondary N) is 1. The normalized spacial score (nSPS) is 16.5. The maximum Gasteiger partial charge on any atom is 0.268 e. The molecule has 1 aliphatic rings. The van der Waals surface area contributed by atoms with Crippen molar-refractivity contribution in [2.45, 2.75) is 24.8 Å². The van der Waals surface area contributed by atoms with Crippen LogP contribution in [0.3, 0.4) is 0 Å². The van der Waals surface area contributed by atoms with Crippen LogP contribution in [-0.2, 0) is 16.6 Å². The molecule has 0 bridgehead atoms. The van der Waals surface area contributed by atoms with E-state index < -0.39 is 10.0 Å². The monoisotopic (exact) mass is 383 g/mol. The second kappa shape index (κ2) is 7.46. The van der Waals surface area contributed by atoms with Crippen LogP contribution in [0, 0.1) is 6.92 Å². The average Bonchev–Trinajstić information content (AvgIpc) is 2.84. The number of rotatable bonds is 4. The summed E-state index contributed by atoms with van der Waals surface area (Å²) in [6.45, 7) is 6.73.